The van der Waals surface area contributed by atoms with Gasteiger partial charge < -0.3 is 0 Å². The summed E-state index contributed by atoms with van der Waals surface area (Å²) < 4.78 is 0. The molecule has 142 valence electrons. The van der Waals surface area contributed by atoms with E-state index in [9.17, 15) is 0 Å². The molecule has 0 radical (unpaired) electrons. The van der Waals surface area contributed by atoms with Crippen LogP contribution < -0.4 is 0 Å². The number of tetrazole rings is 2. The summed E-state index contributed by atoms with van der Waals surface area (Å²) in [7, 11) is 0. The van der Waals surface area contributed by atoms with Crippen LogP contribution in [0.25, 0.3) is 22.8 Å². The van der Waals surface area contributed by atoms with Crippen molar-refractivity contribution in [3.63, 3.8) is 0 Å². The van der Waals surface area contributed by atoms with E-state index in [-0.39, 0.29) is 0 Å². The Bertz CT molecular complexity index is 1000. The Morgan fingerprint density at radius 1 is 0.643 bits per heavy atom. The van der Waals surface area contributed by atoms with E-state index in [1.165, 1.54) is 5.56 Å². The normalized spacial score (nSPS) is 11.0. The van der Waals surface area contributed by atoms with Gasteiger partial charge >= 0.3 is 0 Å². The van der Waals surface area contributed by atoms with Crippen LogP contribution in [0.2, 0.25) is 0 Å². The van der Waals surface area contributed by atoms with Crippen molar-refractivity contribution >= 4 is 0 Å². The number of hydrogen-bond donors (Lipinski definition) is 0. The fraction of sp³-hybridized carbons (Fsp3) is 0.300. The molecule has 4 rings (SSSR count). The van der Waals surface area contributed by atoms with Crippen molar-refractivity contribution in [2.24, 2.45) is 0 Å². The fourth-order valence-electron chi connectivity index (χ4n) is 2.88. The second-order valence-electron chi connectivity index (χ2n) is 6.71. The number of rotatable bonds is 8. The lowest BCUT2D eigenvalue weighted by atomic mass is 10.1. The van der Waals surface area contributed by atoms with Crippen LogP contribution in [-0.4, -0.2) is 40.4 Å². The van der Waals surface area contributed by atoms with Crippen LogP contribution in [0.1, 0.15) is 24.8 Å². The molecule has 0 aliphatic rings. The van der Waals surface area contributed by atoms with Gasteiger partial charge in [-0.05, 0) is 36.6 Å². The van der Waals surface area contributed by atoms with E-state index in [0.717, 1.165) is 43.5 Å². The largest absolute Gasteiger partial charge is 0.204 e. The summed E-state index contributed by atoms with van der Waals surface area (Å²) in [6, 6.07) is 18.0. The highest BCUT2D eigenvalue weighted by Gasteiger charge is 2.06. The predicted molar refractivity (Wildman–Crippen MR) is 105 cm³/mol. The Morgan fingerprint density at radius 3 is 1.75 bits per heavy atom. The van der Waals surface area contributed by atoms with E-state index < -0.39 is 0 Å². The molecule has 0 bridgehead atoms. The third-order valence-corrected chi connectivity index (χ3v) is 4.46. The van der Waals surface area contributed by atoms with Crippen LogP contribution in [0, 0.1) is 6.92 Å². The van der Waals surface area contributed by atoms with Gasteiger partial charge in [-0.15, -0.1) is 20.4 Å². The van der Waals surface area contributed by atoms with E-state index in [1.54, 1.807) is 9.59 Å². The van der Waals surface area contributed by atoms with Crippen LogP contribution in [0.3, 0.4) is 0 Å². The zero-order valence-electron chi connectivity index (χ0n) is 15.8. The van der Waals surface area contributed by atoms with Crippen molar-refractivity contribution in [3.05, 3.63) is 60.2 Å². The molecule has 0 saturated carbocycles. The molecule has 8 nitrogen and oxygen atoms in total. The lowest BCUT2D eigenvalue weighted by molar-refractivity contribution is 0.444. The molecule has 4 aromatic rings. The second kappa shape index (κ2) is 8.51. The Kier molecular flexibility index (Phi) is 5.46. The highest BCUT2D eigenvalue weighted by molar-refractivity contribution is 5.54. The number of benzene rings is 2. The van der Waals surface area contributed by atoms with Crippen LogP contribution in [0.4, 0.5) is 0 Å². The smallest absolute Gasteiger partial charge is 0.164 e. The first kappa shape index (κ1) is 18.0. The van der Waals surface area contributed by atoms with Gasteiger partial charge in [-0.1, -0.05) is 60.2 Å². The molecule has 0 atom stereocenters. The van der Waals surface area contributed by atoms with Gasteiger partial charge in [-0.2, -0.15) is 9.59 Å². The SMILES string of the molecule is Cc1ccc(-c2nnn(CCCCCn3nnc(-c4ccccc4)n3)n2)cc1. The number of unbranched alkanes of at least 4 members (excludes halogenated alkanes) is 2. The molecule has 0 unspecified atom stereocenters. The van der Waals surface area contributed by atoms with E-state index in [4.69, 9.17) is 0 Å². The minimum absolute atomic E-state index is 0.663. The summed E-state index contributed by atoms with van der Waals surface area (Å²) >= 11 is 0. The average Bonchev–Trinajstić information content (AvgIpc) is 3.39. The minimum Gasteiger partial charge on any atom is -0.164 e. The second-order valence-corrected chi connectivity index (χ2v) is 6.71. The zero-order chi connectivity index (χ0) is 19.2. The molecule has 0 aliphatic heterocycles. The molecule has 0 N–H and O–H groups in total. The van der Waals surface area contributed by atoms with Gasteiger partial charge in [0.2, 0.25) is 11.6 Å². The van der Waals surface area contributed by atoms with E-state index in [2.05, 4.69) is 49.9 Å². The van der Waals surface area contributed by atoms with Crippen molar-refractivity contribution in [3.8, 4) is 22.8 Å². The van der Waals surface area contributed by atoms with Crippen LogP contribution in [0.15, 0.2) is 54.6 Å². The summed E-state index contributed by atoms with van der Waals surface area (Å²) in [6.45, 7) is 3.56. The number of aromatic nitrogens is 8. The summed E-state index contributed by atoms with van der Waals surface area (Å²) in [4.78, 5) is 3.32. The first-order valence-electron chi connectivity index (χ1n) is 9.46. The standard InChI is InChI=1S/C20H22N8/c1-16-10-12-18(13-11-16)20-22-26-28(24-20)15-7-3-6-14-27-23-19(21-25-27)17-8-4-2-5-9-17/h2,4-5,8-13H,3,6-7,14-15H2,1H3. The highest BCUT2D eigenvalue weighted by atomic mass is 15.6. The molecule has 8 heteroatoms. The van der Waals surface area contributed by atoms with E-state index in [1.807, 2.05) is 42.5 Å². The molecular weight excluding hydrogens is 352 g/mol. The van der Waals surface area contributed by atoms with Crippen molar-refractivity contribution in [1.82, 2.24) is 40.4 Å². The van der Waals surface area contributed by atoms with Gasteiger partial charge in [-0.3, -0.25) is 0 Å². The van der Waals surface area contributed by atoms with Crippen LogP contribution in [0.5, 0.6) is 0 Å². The molecule has 2 aromatic carbocycles. The Labute approximate surface area is 163 Å². The van der Waals surface area contributed by atoms with Gasteiger partial charge in [-0.25, -0.2) is 0 Å². The molecule has 0 fully saturated rings. The predicted octanol–water partition coefficient (Wildman–Crippen LogP) is 3.17. The Morgan fingerprint density at radius 2 is 1.18 bits per heavy atom. The number of hydrogen-bond acceptors (Lipinski definition) is 6. The summed E-state index contributed by atoms with van der Waals surface area (Å²) in [5.41, 5.74) is 3.19. The first-order valence-corrected chi connectivity index (χ1v) is 9.46. The number of aryl methyl sites for hydroxylation is 3. The van der Waals surface area contributed by atoms with Crippen molar-refractivity contribution < 1.29 is 0 Å². The molecule has 0 spiro atoms. The maximum Gasteiger partial charge on any atom is 0.204 e. The molecule has 0 saturated heterocycles. The lowest BCUT2D eigenvalue weighted by Crippen LogP contribution is -2.05. The van der Waals surface area contributed by atoms with E-state index in [0.29, 0.717) is 11.6 Å². The molecular formula is C20H22N8. The Hall–Kier alpha value is -3.42. The van der Waals surface area contributed by atoms with Gasteiger partial charge in [0.1, 0.15) is 0 Å². The summed E-state index contributed by atoms with van der Waals surface area (Å²) in [6.07, 6.45) is 2.98. The molecule has 28 heavy (non-hydrogen) atoms. The van der Waals surface area contributed by atoms with Crippen LogP contribution >= 0.6 is 0 Å². The third-order valence-electron chi connectivity index (χ3n) is 4.46. The quantitative estimate of drug-likeness (QED) is 0.440. The van der Waals surface area contributed by atoms with Crippen molar-refractivity contribution in [2.45, 2.75) is 39.3 Å². The van der Waals surface area contributed by atoms with Crippen molar-refractivity contribution in [1.29, 1.82) is 0 Å². The minimum atomic E-state index is 0.663. The van der Waals surface area contributed by atoms with Gasteiger partial charge in [0.15, 0.2) is 0 Å². The lowest BCUT2D eigenvalue weighted by Gasteiger charge is -2.00. The molecule has 2 aromatic heterocycles. The van der Waals surface area contributed by atoms with Gasteiger partial charge in [0, 0.05) is 11.1 Å². The maximum atomic E-state index is 4.46. The van der Waals surface area contributed by atoms with Gasteiger partial charge in [0.05, 0.1) is 13.1 Å². The summed E-state index contributed by atoms with van der Waals surface area (Å²) in [5, 5.41) is 25.4. The van der Waals surface area contributed by atoms with Crippen molar-refractivity contribution in [2.75, 3.05) is 0 Å². The maximum absolute atomic E-state index is 4.46. The fourth-order valence-corrected chi connectivity index (χ4v) is 2.88. The monoisotopic (exact) mass is 374 g/mol. The van der Waals surface area contributed by atoms with E-state index >= 15 is 0 Å². The zero-order valence-corrected chi connectivity index (χ0v) is 15.8. The molecule has 0 aliphatic carbocycles. The van der Waals surface area contributed by atoms with Gasteiger partial charge in [0.25, 0.3) is 0 Å². The third kappa shape index (κ3) is 4.46. The molecule has 2 heterocycles. The van der Waals surface area contributed by atoms with Crippen LogP contribution in [-0.2, 0) is 13.1 Å². The summed E-state index contributed by atoms with van der Waals surface area (Å²) in [5.74, 6) is 1.33. The molecule has 0 amide bonds. The topological polar surface area (TPSA) is 87.2 Å². The Balaban J connectivity index is 1.21. The number of nitrogens with zero attached hydrogens (tertiary/aromatic N) is 8. The average molecular weight is 374 g/mol. The first-order chi connectivity index (χ1) is 13.8. The highest BCUT2D eigenvalue weighted by Crippen LogP contribution is 2.14.